The van der Waals surface area contributed by atoms with Crippen molar-refractivity contribution in [2.45, 2.75) is 30.7 Å². The van der Waals surface area contributed by atoms with Crippen molar-refractivity contribution in [1.29, 1.82) is 0 Å². The summed E-state index contributed by atoms with van der Waals surface area (Å²) in [6.45, 7) is 1.93. The fourth-order valence-electron chi connectivity index (χ4n) is 2.75. The molecule has 1 aliphatic heterocycles. The first kappa shape index (κ1) is 17.6. The Morgan fingerprint density at radius 1 is 1.22 bits per heavy atom. The highest BCUT2D eigenvalue weighted by atomic mass is 32.2. The number of carbonyl (C=O) groups is 1. The van der Waals surface area contributed by atoms with Crippen molar-refractivity contribution in [3.63, 3.8) is 0 Å². The van der Waals surface area contributed by atoms with Gasteiger partial charge in [0.05, 0.1) is 25.0 Å². The molecular weight excluding hydrogens is 320 g/mol. The molecule has 0 bridgehead atoms. The van der Waals surface area contributed by atoms with Crippen LogP contribution in [0.25, 0.3) is 0 Å². The molecule has 1 saturated heterocycles. The molecule has 2 atom stereocenters. The summed E-state index contributed by atoms with van der Waals surface area (Å²) in [4.78, 5) is 11.5. The minimum Gasteiger partial charge on any atom is -0.493 e. The van der Waals surface area contributed by atoms with Gasteiger partial charge in [0.25, 0.3) is 0 Å². The quantitative estimate of drug-likeness (QED) is 0.860. The highest BCUT2D eigenvalue weighted by molar-refractivity contribution is 7.89. The maximum Gasteiger partial charge on any atom is 0.243 e. The molecule has 2 N–H and O–H groups in total. The van der Waals surface area contributed by atoms with E-state index in [2.05, 4.69) is 0 Å². The van der Waals surface area contributed by atoms with Crippen molar-refractivity contribution in [2.75, 3.05) is 20.8 Å². The molecule has 1 aromatic rings. The highest BCUT2D eigenvalue weighted by Crippen LogP contribution is 2.33. The SMILES string of the molecule is COc1ccc(S(=O)(=O)N2C[C@@H](C(N)=O)CC[C@H]2C)cc1OC. The second kappa shape index (κ2) is 6.76. The summed E-state index contributed by atoms with van der Waals surface area (Å²) in [5.74, 6) is -0.136. The Labute approximate surface area is 136 Å². The van der Waals surface area contributed by atoms with Gasteiger partial charge in [-0.25, -0.2) is 8.42 Å². The fourth-order valence-corrected chi connectivity index (χ4v) is 4.48. The molecule has 0 aromatic heterocycles. The average Bonchev–Trinajstić information content (AvgIpc) is 2.54. The smallest absolute Gasteiger partial charge is 0.243 e. The van der Waals surface area contributed by atoms with Crippen LogP contribution in [0.3, 0.4) is 0 Å². The van der Waals surface area contributed by atoms with Gasteiger partial charge in [0.15, 0.2) is 11.5 Å². The van der Waals surface area contributed by atoms with E-state index in [1.807, 2.05) is 6.92 Å². The van der Waals surface area contributed by atoms with E-state index in [0.717, 1.165) is 0 Å². The molecule has 0 unspecified atom stereocenters. The zero-order chi connectivity index (χ0) is 17.2. The lowest BCUT2D eigenvalue weighted by Gasteiger charge is -2.35. The van der Waals surface area contributed by atoms with Crippen molar-refractivity contribution < 1.29 is 22.7 Å². The summed E-state index contributed by atoms with van der Waals surface area (Å²) in [6.07, 6.45) is 1.20. The fraction of sp³-hybridized carbons (Fsp3) is 0.533. The summed E-state index contributed by atoms with van der Waals surface area (Å²) in [5, 5.41) is 0. The first-order valence-corrected chi connectivity index (χ1v) is 8.78. The third kappa shape index (κ3) is 3.42. The minimum absolute atomic E-state index is 0.104. The molecular formula is C15H22N2O5S. The van der Waals surface area contributed by atoms with E-state index >= 15 is 0 Å². The van der Waals surface area contributed by atoms with Gasteiger partial charge in [-0.05, 0) is 31.9 Å². The molecule has 1 fully saturated rings. The number of benzene rings is 1. The van der Waals surface area contributed by atoms with Gasteiger partial charge < -0.3 is 15.2 Å². The molecule has 1 amide bonds. The summed E-state index contributed by atoms with van der Waals surface area (Å²) in [7, 11) is -0.818. The number of ether oxygens (including phenoxy) is 2. The zero-order valence-electron chi connectivity index (χ0n) is 13.5. The molecule has 2 rings (SSSR count). The number of hydrogen-bond acceptors (Lipinski definition) is 5. The average molecular weight is 342 g/mol. The molecule has 8 heteroatoms. The minimum atomic E-state index is -3.75. The van der Waals surface area contributed by atoms with Gasteiger partial charge in [0.1, 0.15) is 0 Å². The Morgan fingerprint density at radius 2 is 1.87 bits per heavy atom. The van der Waals surface area contributed by atoms with Gasteiger partial charge in [-0.3, -0.25) is 4.79 Å². The van der Waals surface area contributed by atoms with Crippen LogP contribution in [0.15, 0.2) is 23.1 Å². The van der Waals surface area contributed by atoms with E-state index in [1.54, 1.807) is 6.07 Å². The summed E-state index contributed by atoms with van der Waals surface area (Å²) < 4.78 is 37.5. The van der Waals surface area contributed by atoms with E-state index in [0.29, 0.717) is 24.3 Å². The predicted molar refractivity (Wildman–Crippen MR) is 84.8 cm³/mol. The second-order valence-corrected chi connectivity index (χ2v) is 7.51. The van der Waals surface area contributed by atoms with Crippen LogP contribution in [0.2, 0.25) is 0 Å². The number of rotatable bonds is 5. The molecule has 1 heterocycles. The molecule has 7 nitrogen and oxygen atoms in total. The van der Waals surface area contributed by atoms with E-state index in [-0.39, 0.29) is 17.5 Å². The van der Waals surface area contributed by atoms with Gasteiger partial charge in [0.2, 0.25) is 15.9 Å². The second-order valence-electron chi connectivity index (χ2n) is 5.62. The third-order valence-corrected chi connectivity index (χ3v) is 6.16. The van der Waals surface area contributed by atoms with Crippen LogP contribution in [-0.4, -0.2) is 45.4 Å². The number of methoxy groups -OCH3 is 2. The van der Waals surface area contributed by atoms with Gasteiger partial charge in [-0.2, -0.15) is 4.31 Å². The zero-order valence-corrected chi connectivity index (χ0v) is 14.3. The lowest BCUT2D eigenvalue weighted by Crippen LogP contribution is -2.48. The number of sulfonamides is 1. The number of hydrogen-bond donors (Lipinski definition) is 1. The van der Waals surface area contributed by atoms with E-state index in [9.17, 15) is 13.2 Å². The van der Waals surface area contributed by atoms with Crippen LogP contribution in [0.4, 0.5) is 0 Å². The number of primary amides is 1. The normalized spacial score (nSPS) is 22.6. The van der Waals surface area contributed by atoms with Crippen LogP contribution < -0.4 is 15.2 Å². The largest absolute Gasteiger partial charge is 0.493 e. The van der Waals surface area contributed by atoms with Crippen LogP contribution >= 0.6 is 0 Å². The maximum absolute atomic E-state index is 12.9. The van der Waals surface area contributed by atoms with E-state index in [1.165, 1.54) is 30.7 Å². The number of amides is 1. The molecule has 23 heavy (non-hydrogen) atoms. The highest BCUT2D eigenvalue weighted by Gasteiger charge is 2.37. The molecule has 1 aromatic carbocycles. The summed E-state index contributed by atoms with van der Waals surface area (Å²) in [5.41, 5.74) is 5.34. The monoisotopic (exact) mass is 342 g/mol. The van der Waals surface area contributed by atoms with Crippen LogP contribution in [0.5, 0.6) is 11.5 Å². The van der Waals surface area contributed by atoms with Gasteiger partial charge in [-0.1, -0.05) is 0 Å². The van der Waals surface area contributed by atoms with Crippen molar-refractivity contribution in [3.8, 4) is 11.5 Å². The van der Waals surface area contributed by atoms with Gasteiger partial charge in [0, 0.05) is 18.7 Å². The molecule has 1 aliphatic rings. The standard InChI is InChI=1S/C15H22N2O5S/c1-10-4-5-11(15(16)18)9-17(10)23(19,20)12-6-7-13(21-2)14(8-12)22-3/h6-8,10-11H,4-5,9H2,1-3H3,(H2,16,18)/t10-,11+/m1/s1. The van der Waals surface area contributed by atoms with E-state index in [4.69, 9.17) is 15.2 Å². The number of carbonyl (C=O) groups excluding carboxylic acids is 1. The van der Waals surface area contributed by atoms with Crippen LogP contribution in [0.1, 0.15) is 19.8 Å². The summed E-state index contributed by atoms with van der Waals surface area (Å²) in [6, 6.07) is 4.25. The number of nitrogens with two attached hydrogens (primary N) is 1. The molecule has 0 radical (unpaired) electrons. The molecule has 0 spiro atoms. The third-order valence-electron chi connectivity index (χ3n) is 4.19. The van der Waals surface area contributed by atoms with Crippen LogP contribution in [-0.2, 0) is 14.8 Å². The Balaban J connectivity index is 2.38. The Hall–Kier alpha value is -1.80. The lowest BCUT2D eigenvalue weighted by molar-refractivity contribution is -0.123. The first-order valence-electron chi connectivity index (χ1n) is 7.34. The summed E-state index contributed by atoms with van der Waals surface area (Å²) >= 11 is 0. The van der Waals surface area contributed by atoms with Crippen molar-refractivity contribution in [1.82, 2.24) is 4.31 Å². The van der Waals surface area contributed by atoms with Crippen molar-refractivity contribution in [3.05, 3.63) is 18.2 Å². The maximum atomic E-state index is 12.9. The Bertz CT molecular complexity index is 689. The number of nitrogens with zero attached hydrogens (tertiary/aromatic N) is 1. The van der Waals surface area contributed by atoms with Gasteiger partial charge >= 0.3 is 0 Å². The van der Waals surface area contributed by atoms with Crippen molar-refractivity contribution >= 4 is 15.9 Å². The van der Waals surface area contributed by atoms with Crippen LogP contribution in [0, 0.1) is 5.92 Å². The topological polar surface area (TPSA) is 98.9 Å². The number of piperidine rings is 1. The van der Waals surface area contributed by atoms with Crippen molar-refractivity contribution in [2.24, 2.45) is 11.7 Å². The molecule has 0 saturated carbocycles. The molecule has 0 aliphatic carbocycles. The van der Waals surface area contributed by atoms with E-state index < -0.39 is 21.8 Å². The predicted octanol–water partition coefficient (Wildman–Crippen LogP) is 0.978. The first-order chi connectivity index (χ1) is 10.8. The lowest BCUT2D eigenvalue weighted by atomic mass is 9.95. The van der Waals surface area contributed by atoms with Gasteiger partial charge in [-0.15, -0.1) is 0 Å². The molecule has 128 valence electrons. The Kier molecular flexibility index (Phi) is 5.16. The Morgan fingerprint density at radius 3 is 2.43 bits per heavy atom.